The molecule has 0 saturated heterocycles. The van der Waals surface area contributed by atoms with Crippen molar-refractivity contribution in [2.24, 2.45) is 0 Å². The summed E-state index contributed by atoms with van der Waals surface area (Å²) < 4.78 is 10.3. The molecule has 0 unspecified atom stereocenters. The smallest absolute Gasteiger partial charge is 0.285 e. The van der Waals surface area contributed by atoms with E-state index in [1.807, 2.05) is 0 Å². The van der Waals surface area contributed by atoms with Gasteiger partial charge in [-0.15, -0.1) is 10.2 Å². The SMILES string of the molecule is COc1cnccc1-c1nnc(Br)o1. The number of halogens is 1. The van der Waals surface area contributed by atoms with Gasteiger partial charge in [0.1, 0.15) is 5.75 Å². The third-order valence-electron chi connectivity index (χ3n) is 1.64. The Kier molecular flexibility index (Phi) is 2.45. The molecule has 0 aliphatic rings. The summed E-state index contributed by atoms with van der Waals surface area (Å²) in [5, 5.41) is 7.52. The van der Waals surface area contributed by atoms with Gasteiger partial charge in [-0.25, -0.2) is 0 Å². The Morgan fingerprint density at radius 2 is 2.29 bits per heavy atom. The number of hydrogen-bond donors (Lipinski definition) is 0. The number of aromatic nitrogens is 3. The summed E-state index contributed by atoms with van der Waals surface area (Å²) in [5.74, 6) is 1.000. The second-order valence-corrected chi connectivity index (χ2v) is 3.11. The van der Waals surface area contributed by atoms with E-state index in [4.69, 9.17) is 9.15 Å². The zero-order valence-electron chi connectivity index (χ0n) is 7.27. The monoisotopic (exact) mass is 255 g/mol. The molecule has 72 valence electrons. The summed E-state index contributed by atoms with van der Waals surface area (Å²) in [4.78, 5) is 4.26. The molecule has 5 nitrogen and oxygen atoms in total. The number of ether oxygens (including phenoxy) is 1. The quantitative estimate of drug-likeness (QED) is 0.821. The highest BCUT2D eigenvalue weighted by atomic mass is 79.9. The largest absolute Gasteiger partial charge is 0.494 e. The lowest BCUT2D eigenvalue weighted by atomic mass is 10.2. The van der Waals surface area contributed by atoms with Crippen LogP contribution < -0.4 is 4.74 Å². The highest BCUT2D eigenvalue weighted by Gasteiger charge is 2.11. The molecule has 0 radical (unpaired) electrons. The molecule has 0 fully saturated rings. The molecular formula is C8H6BrN3O2. The van der Waals surface area contributed by atoms with E-state index in [9.17, 15) is 0 Å². The molecule has 0 N–H and O–H groups in total. The average Bonchev–Trinajstić information content (AvgIpc) is 2.65. The molecule has 6 heteroatoms. The van der Waals surface area contributed by atoms with Gasteiger partial charge in [-0.3, -0.25) is 4.98 Å². The van der Waals surface area contributed by atoms with Crippen molar-refractivity contribution in [3.05, 3.63) is 23.3 Å². The number of hydrogen-bond acceptors (Lipinski definition) is 5. The van der Waals surface area contributed by atoms with Gasteiger partial charge in [0.25, 0.3) is 10.7 Å². The zero-order valence-corrected chi connectivity index (χ0v) is 8.85. The second-order valence-electron chi connectivity index (χ2n) is 2.44. The Morgan fingerprint density at radius 3 is 2.93 bits per heavy atom. The molecule has 0 aliphatic heterocycles. The minimum absolute atomic E-state index is 0.339. The van der Waals surface area contributed by atoms with E-state index < -0.39 is 0 Å². The van der Waals surface area contributed by atoms with Crippen LogP contribution in [-0.2, 0) is 0 Å². The number of pyridine rings is 1. The van der Waals surface area contributed by atoms with Crippen LogP contribution in [0.4, 0.5) is 0 Å². The van der Waals surface area contributed by atoms with Crippen LogP contribution in [0.5, 0.6) is 5.75 Å². The Morgan fingerprint density at radius 1 is 1.43 bits per heavy atom. The van der Waals surface area contributed by atoms with Gasteiger partial charge in [0.05, 0.1) is 18.9 Å². The topological polar surface area (TPSA) is 61.0 Å². The van der Waals surface area contributed by atoms with Gasteiger partial charge < -0.3 is 9.15 Å². The molecule has 0 aliphatic carbocycles. The van der Waals surface area contributed by atoms with Crippen molar-refractivity contribution in [2.45, 2.75) is 0 Å². The third-order valence-corrected chi connectivity index (χ3v) is 1.96. The van der Waals surface area contributed by atoms with Gasteiger partial charge in [-0.05, 0) is 6.07 Å². The Hall–Kier alpha value is -1.43. The molecule has 2 aromatic rings. The summed E-state index contributed by atoms with van der Waals surface area (Å²) >= 11 is 3.08. The number of rotatable bonds is 2. The van der Waals surface area contributed by atoms with Crippen LogP contribution in [0.25, 0.3) is 11.5 Å². The molecule has 0 saturated carbocycles. The van der Waals surface area contributed by atoms with Crippen LogP contribution in [0.15, 0.2) is 27.7 Å². The lowest BCUT2D eigenvalue weighted by Crippen LogP contribution is -1.88. The lowest BCUT2D eigenvalue weighted by molar-refractivity contribution is 0.412. The summed E-state index contributed by atoms with van der Waals surface area (Å²) in [6.07, 6.45) is 3.23. The molecule has 14 heavy (non-hydrogen) atoms. The Bertz CT molecular complexity index is 444. The van der Waals surface area contributed by atoms with E-state index in [-0.39, 0.29) is 0 Å². The van der Waals surface area contributed by atoms with Crippen molar-refractivity contribution in [1.82, 2.24) is 15.2 Å². The molecule has 0 amide bonds. The normalized spacial score (nSPS) is 10.1. The highest BCUT2D eigenvalue weighted by Crippen LogP contribution is 2.28. The second kappa shape index (κ2) is 3.75. The summed E-state index contributed by atoms with van der Waals surface area (Å²) in [6, 6.07) is 1.75. The first-order valence-corrected chi connectivity index (χ1v) is 4.58. The van der Waals surface area contributed by atoms with Crippen molar-refractivity contribution in [1.29, 1.82) is 0 Å². The molecular weight excluding hydrogens is 250 g/mol. The molecule has 0 spiro atoms. The Labute approximate surface area is 88.3 Å². The molecule has 2 rings (SSSR count). The maximum atomic E-state index is 5.20. The van der Waals surface area contributed by atoms with E-state index in [1.54, 1.807) is 25.6 Å². The van der Waals surface area contributed by atoms with Gasteiger partial charge in [0.15, 0.2) is 0 Å². The predicted molar refractivity (Wildman–Crippen MR) is 51.8 cm³/mol. The van der Waals surface area contributed by atoms with Gasteiger partial charge in [-0.1, -0.05) is 0 Å². The first-order chi connectivity index (χ1) is 6.81. The van der Waals surface area contributed by atoms with Gasteiger partial charge in [0, 0.05) is 22.1 Å². The van der Waals surface area contributed by atoms with E-state index in [2.05, 4.69) is 31.1 Å². The standard InChI is InChI=1S/C8H6BrN3O2/c1-13-6-4-10-3-2-5(6)7-11-12-8(9)14-7/h2-4H,1H3. The van der Waals surface area contributed by atoms with Crippen molar-refractivity contribution in [2.75, 3.05) is 7.11 Å². The van der Waals surface area contributed by atoms with Gasteiger partial charge >= 0.3 is 0 Å². The van der Waals surface area contributed by atoms with E-state index in [1.165, 1.54) is 0 Å². The minimum Gasteiger partial charge on any atom is -0.494 e. The minimum atomic E-state index is 0.339. The molecule has 0 atom stereocenters. The average molecular weight is 256 g/mol. The lowest BCUT2D eigenvalue weighted by Gasteiger charge is -2.02. The van der Waals surface area contributed by atoms with E-state index >= 15 is 0 Å². The Balaban J connectivity index is 2.50. The maximum Gasteiger partial charge on any atom is 0.285 e. The van der Waals surface area contributed by atoms with E-state index in [0.717, 1.165) is 5.56 Å². The molecule has 0 aromatic carbocycles. The van der Waals surface area contributed by atoms with Crippen LogP contribution in [0.2, 0.25) is 0 Å². The summed E-state index contributed by atoms with van der Waals surface area (Å²) in [6.45, 7) is 0. The summed E-state index contributed by atoms with van der Waals surface area (Å²) in [5.41, 5.74) is 0.723. The van der Waals surface area contributed by atoms with Crippen LogP contribution in [-0.4, -0.2) is 22.3 Å². The van der Waals surface area contributed by atoms with Gasteiger partial charge in [-0.2, -0.15) is 0 Å². The number of nitrogens with zero attached hydrogens (tertiary/aromatic N) is 3. The fraction of sp³-hybridized carbons (Fsp3) is 0.125. The van der Waals surface area contributed by atoms with E-state index in [0.29, 0.717) is 16.4 Å². The molecule has 2 aromatic heterocycles. The first-order valence-electron chi connectivity index (χ1n) is 3.78. The van der Waals surface area contributed by atoms with Crippen molar-refractivity contribution < 1.29 is 9.15 Å². The van der Waals surface area contributed by atoms with Crippen molar-refractivity contribution >= 4 is 15.9 Å². The maximum absolute atomic E-state index is 5.20. The van der Waals surface area contributed by atoms with Crippen molar-refractivity contribution in [3.63, 3.8) is 0 Å². The predicted octanol–water partition coefficient (Wildman–Crippen LogP) is 1.90. The molecule has 2 heterocycles. The van der Waals surface area contributed by atoms with Crippen LogP contribution >= 0.6 is 15.9 Å². The van der Waals surface area contributed by atoms with Crippen LogP contribution in [0.3, 0.4) is 0 Å². The number of methoxy groups -OCH3 is 1. The fourth-order valence-corrected chi connectivity index (χ4v) is 1.27. The molecule has 0 bridgehead atoms. The highest BCUT2D eigenvalue weighted by molar-refractivity contribution is 9.10. The fourth-order valence-electron chi connectivity index (χ4n) is 1.03. The van der Waals surface area contributed by atoms with Crippen LogP contribution in [0, 0.1) is 0 Å². The van der Waals surface area contributed by atoms with Gasteiger partial charge in [0.2, 0.25) is 0 Å². The van der Waals surface area contributed by atoms with Crippen molar-refractivity contribution in [3.8, 4) is 17.2 Å². The third kappa shape index (κ3) is 1.60. The zero-order chi connectivity index (χ0) is 9.97. The summed E-state index contributed by atoms with van der Waals surface area (Å²) in [7, 11) is 1.56. The van der Waals surface area contributed by atoms with Crippen LogP contribution in [0.1, 0.15) is 0 Å². The first kappa shape index (κ1) is 9.14.